The first-order valence-electron chi connectivity index (χ1n) is 8.00. The maximum atomic E-state index is 13.2. The van der Waals surface area contributed by atoms with Crippen molar-refractivity contribution < 1.29 is 22.7 Å². The number of halogens is 4. The average Bonchev–Trinajstić information content (AvgIpc) is 2.60. The average molecular weight is 389 g/mol. The van der Waals surface area contributed by atoms with Crippen LogP contribution in [0.3, 0.4) is 0 Å². The molecule has 0 N–H and O–H groups in total. The lowest BCUT2D eigenvalue weighted by Gasteiger charge is -2.36. The van der Waals surface area contributed by atoms with Crippen molar-refractivity contribution in [3.8, 4) is 0 Å². The second kappa shape index (κ2) is 7.14. The summed E-state index contributed by atoms with van der Waals surface area (Å²) >= 11 is 5.80. The lowest BCUT2D eigenvalue weighted by Crippen LogP contribution is -2.49. The van der Waals surface area contributed by atoms with Crippen LogP contribution in [0.2, 0.25) is 5.15 Å². The molecule has 2 aromatic rings. The van der Waals surface area contributed by atoms with Crippen molar-refractivity contribution in [1.82, 2.24) is 14.9 Å². The van der Waals surface area contributed by atoms with Crippen molar-refractivity contribution in [1.29, 1.82) is 0 Å². The highest BCUT2D eigenvalue weighted by Crippen LogP contribution is 2.35. The molecule has 140 valence electrons. The summed E-state index contributed by atoms with van der Waals surface area (Å²) in [4.78, 5) is 22.6. The molecule has 0 radical (unpaired) electrons. The minimum Gasteiger partial charge on any atom is -0.450 e. The molecule has 1 aliphatic heterocycles. The zero-order valence-corrected chi connectivity index (χ0v) is 14.6. The Bertz CT molecular complexity index is 823. The monoisotopic (exact) mass is 388 g/mol. The number of piperazine rings is 1. The molecule has 0 spiro atoms. The zero-order valence-electron chi connectivity index (χ0n) is 13.9. The second-order valence-electron chi connectivity index (χ2n) is 5.70. The van der Waals surface area contributed by atoms with Gasteiger partial charge in [0.1, 0.15) is 10.8 Å². The Morgan fingerprint density at radius 2 is 1.92 bits per heavy atom. The molecule has 0 bridgehead atoms. The van der Waals surface area contributed by atoms with Crippen molar-refractivity contribution in [2.45, 2.75) is 13.1 Å². The van der Waals surface area contributed by atoms with Crippen molar-refractivity contribution in [2.24, 2.45) is 0 Å². The van der Waals surface area contributed by atoms with Gasteiger partial charge in [0.05, 0.1) is 12.3 Å². The van der Waals surface area contributed by atoms with E-state index >= 15 is 0 Å². The number of carbonyl (C=O) groups is 1. The summed E-state index contributed by atoms with van der Waals surface area (Å²) in [6.07, 6.45) is -5.02. The summed E-state index contributed by atoms with van der Waals surface area (Å²) < 4.78 is 44.6. The topological polar surface area (TPSA) is 58.6 Å². The van der Waals surface area contributed by atoms with Gasteiger partial charge in [-0.2, -0.15) is 13.2 Å². The Morgan fingerprint density at radius 3 is 2.54 bits per heavy atom. The minimum atomic E-state index is -4.60. The lowest BCUT2D eigenvalue weighted by molar-refractivity contribution is -0.140. The Labute approximate surface area is 152 Å². The van der Waals surface area contributed by atoms with Gasteiger partial charge < -0.3 is 14.5 Å². The first-order valence-corrected chi connectivity index (χ1v) is 8.38. The summed E-state index contributed by atoms with van der Waals surface area (Å²) in [5.41, 5.74) is -0.715. The van der Waals surface area contributed by atoms with Crippen LogP contribution in [-0.2, 0) is 10.9 Å². The quantitative estimate of drug-likeness (QED) is 0.736. The Morgan fingerprint density at radius 1 is 1.23 bits per heavy atom. The molecule has 0 atom stereocenters. The Kier molecular flexibility index (Phi) is 5.08. The Balaban J connectivity index is 1.93. The van der Waals surface area contributed by atoms with E-state index in [4.69, 9.17) is 16.3 Å². The molecule has 6 nitrogen and oxygen atoms in total. The molecule has 1 amide bonds. The molecular formula is C16H16ClF3N4O2. The third-order valence-corrected chi connectivity index (χ3v) is 4.26. The SMILES string of the molecule is CCOC(=O)N1CCN(c2cc(C(F)(F)F)nc3nc(Cl)ccc23)CC1. The predicted molar refractivity (Wildman–Crippen MR) is 90.4 cm³/mol. The van der Waals surface area contributed by atoms with Crippen molar-refractivity contribution in [2.75, 3.05) is 37.7 Å². The maximum Gasteiger partial charge on any atom is 0.433 e. The van der Waals surface area contributed by atoms with Gasteiger partial charge in [0, 0.05) is 31.6 Å². The molecule has 1 fully saturated rings. The van der Waals surface area contributed by atoms with Gasteiger partial charge in [0.25, 0.3) is 0 Å². The van der Waals surface area contributed by atoms with Gasteiger partial charge in [-0.05, 0) is 25.1 Å². The Hall–Kier alpha value is -2.29. The number of aromatic nitrogens is 2. The maximum absolute atomic E-state index is 13.2. The zero-order chi connectivity index (χ0) is 18.9. The number of carbonyl (C=O) groups excluding carboxylic acids is 1. The number of anilines is 1. The summed E-state index contributed by atoms with van der Waals surface area (Å²) in [6.45, 7) is 3.44. The van der Waals surface area contributed by atoms with Gasteiger partial charge in [-0.1, -0.05) is 11.6 Å². The molecule has 0 saturated carbocycles. The van der Waals surface area contributed by atoms with E-state index in [0.29, 0.717) is 37.3 Å². The van der Waals surface area contributed by atoms with E-state index in [9.17, 15) is 18.0 Å². The molecule has 26 heavy (non-hydrogen) atoms. The van der Waals surface area contributed by atoms with Gasteiger partial charge in [-0.3, -0.25) is 0 Å². The number of alkyl halides is 3. The third kappa shape index (κ3) is 3.77. The normalized spacial score (nSPS) is 15.4. The molecule has 2 aromatic heterocycles. The van der Waals surface area contributed by atoms with Crippen LogP contribution in [0.15, 0.2) is 18.2 Å². The first kappa shape index (κ1) is 18.5. The van der Waals surface area contributed by atoms with Crippen LogP contribution in [0.1, 0.15) is 12.6 Å². The van der Waals surface area contributed by atoms with E-state index in [1.165, 1.54) is 11.0 Å². The van der Waals surface area contributed by atoms with E-state index in [-0.39, 0.29) is 17.4 Å². The molecule has 3 heterocycles. The van der Waals surface area contributed by atoms with Crippen LogP contribution >= 0.6 is 11.6 Å². The van der Waals surface area contributed by atoms with Crippen molar-refractivity contribution in [3.05, 3.63) is 29.0 Å². The highest BCUT2D eigenvalue weighted by Gasteiger charge is 2.34. The summed E-state index contributed by atoms with van der Waals surface area (Å²) in [6, 6.07) is 4.13. The molecule has 3 rings (SSSR count). The van der Waals surface area contributed by atoms with E-state index in [0.717, 1.165) is 6.07 Å². The summed E-state index contributed by atoms with van der Waals surface area (Å²) in [5.74, 6) is 0. The van der Waals surface area contributed by atoms with Crippen molar-refractivity contribution >= 4 is 34.4 Å². The number of pyridine rings is 2. The van der Waals surface area contributed by atoms with Gasteiger partial charge >= 0.3 is 12.3 Å². The third-order valence-electron chi connectivity index (χ3n) is 4.05. The molecule has 1 aliphatic rings. The highest BCUT2D eigenvalue weighted by atomic mass is 35.5. The van der Waals surface area contributed by atoms with Gasteiger partial charge in [-0.15, -0.1) is 0 Å². The predicted octanol–water partition coefficient (Wildman–Crippen LogP) is 3.58. The number of hydrogen-bond donors (Lipinski definition) is 0. The van der Waals surface area contributed by atoms with Crippen LogP contribution in [-0.4, -0.2) is 53.7 Å². The number of rotatable bonds is 2. The fraction of sp³-hybridized carbons (Fsp3) is 0.438. The van der Waals surface area contributed by atoms with Crippen LogP contribution in [0.25, 0.3) is 11.0 Å². The van der Waals surface area contributed by atoms with Gasteiger partial charge in [-0.25, -0.2) is 14.8 Å². The van der Waals surface area contributed by atoms with Crippen LogP contribution in [0, 0.1) is 0 Å². The lowest BCUT2D eigenvalue weighted by atomic mass is 10.1. The van der Waals surface area contributed by atoms with Gasteiger partial charge in [0.2, 0.25) is 0 Å². The number of ether oxygens (including phenoxy) is 1. The van der Waals surface area contributed by atoms with E-state index < -0.39 is 18.0 Å². The number of amides is 1. The fourth-order valence-corrected chi connectivity index (χ4v) is 2.96. The minimum absolute atomic E-state index is 0.0600. The van der Waals surface area contributed by atoms with Crippen LogP contribution in [0.5, 0.6) is 0 Å². The largest absolute Gasteiger partial charge is 0.450 e. The van der Waals surface area contributed by atoms with E-state index in [1.54, 1.807) is 17.9 Å². The summed E-state index contributed by atoms with van der Waals surface area (Å²) in [7, 11) is 0. The smallest absolute Gasteiger partial charge is 0.433 e. The molecule has 0 unspecified atom stereocenters. The molecule has 1 saturated heterocycles. The standard InChI is InChI=1S/C16H16ClF3N4O2/c1-2-26-15(25)24-7-5-23(6-8-24)11-9-12(16(18,19)20)21-14-10(11)3-4-13(17)22-14/h3-4,9H,2,5-8H2,1H3. The van der Waals surface area contributed by atoms with Crippen LogP contribution < -0.4 is 4.90 Å². The summed E-state index contributed by atoms with van der Waals surface area (Å²) in [5, 5.41) is 0.550. The van der Waals surface area contributed by atoms with Crippen LogP contribution in [0.4, 0.5) is 23.7 Å². The molecule has 0 aliphatic carbocycles. The van der Waals surface area contributed by atoms with Crippen molar-refractivity contribution in [3.63, 3.8) is 0 Å². The van der Waals surface area contributed by atoms with E-state index in [1.807, 2.05) is 0 Å². The number of hydrogen-bond acceptors (Lipinski definition) is 5. The number of fused-ring (bicyclic) bond motifs is 1. The van der Waals surface area contributed by atoms with Gasteiger partial charge in [0.15, 0.2) is 5.65 Å². The first-order chi connectivity index (χ1) is 12.3. The molecule has 0 aromatic carbocycles. The molecule has 10 heteroatoms. The number of nitrogens with zero attached hydrogens (tertiary/aromatic N) is 4. The highest BCUT2D eigenvalue weighted by molar-refractivity contribution is 6.29. The fourth-order valence-electron chi connectivity index (χ4n) is 2.82. The molecular weight excluding hydrogens is 373 g/mol. The van der Waals surface area contributed by atoms with E-state index in [2.05, 4.69) is 9.97 Å². The second-order valence-corrected chi connectivity index (χ2v) is 6.09.